The Labute approximate surface area is 106 Å². The van der Waals surface area contributed by atoms with E-state index in [4.69, 9.17) is 17.3 Å². The number of benzene rings is 1. The summed E-state index contributed by atoms with van der Waals surface area (Å²) in [5.41, 5.74) is 5.64. The molecule has 0 fully saturated rings. The standard InChI is InChI=1S/C10H8ClF2N5/c11-8-16-9(14)18-10(17-8)15-4-5-1-2-6(12)3-7(5)13/h1-3H,4H2,(H3,14,15,16,17,18). The van der Waals surface area contributed by atoms with Crippen LogP contribution < -0.4 is 11.1 Å². The average Bonchev–Trinajstić information content (AvgIpc) is 2.26. The molecule has 18 heavy (non-hydrogen) atoms. The van der Waals surface area contributed by atoms with Crippen LogP contribution in [0.25, 0.3) is 0 Å². The lowest BCUT2D eigenvalue weighted by molar-refractivity contribution is 0.574. The fourth-order valence-corrected chi connectivity index (χ4v) is 1.45. The summed E-state index contributed by atoms with van der Waals surface area (Å²) in [6.45, 7) is 0.0753. The molecule has 1 aromatic heterocycles. The lowest BCUT2D eigenvalue weighted by Gasteiger charge is -2.06. The molecule has 0 amide bonds. The number of anilines is 2. The van der Waals surface area contributed by atoms with Crippen LogP contribution in [0.3, 0.4) is 0 Å². The summed E-state index contributed by atoms with van der Waals surface area (Å²) < 4.78 is 26.0. The first-order valence-corrected chi connectivity index (χ1v) is 5.27. The molecule has 0 radical (unpaired) electrons. The molecule has 0 saturated carbocycles. The van der Waals surface area contributed by atoms with E-state index in [2.05, 4.69) is 20.3 Å². The van der Waals surface area contributed by atoms with Gasteiger partial charge in [0.05, 0.1) is 0 Å². The Morgan fingerprint density at radius 1 is 1.22 bits per heavy atom. The molecule has 0 aliphatic heterocycles. The Kier molecular flexibility index (Phi) is 3.52. The second-order valence-electron chi connectivity index (χ2n) is 3.38. The van der Waals surface area contributed by atoms with E-state index < -0.39 is 11.6 Å². The van der Waals surface area contributed by atoms with Crippen molar-refractivity contribution in [2.75, 3.05) is 11.1 Å². The Morgan fingerprint density at radius 3 is 2.67 bits per heavy atom. The minimum atomic E-state index is -0.657. The molecular formula is C10H8ClF2N5. The zero-order valence-corrected chi connectivity index (χ0v) is 9.75. The van der Waals surface area contributed by atoms with Crippen molar-refractivity contribution in [2.45, 2.75) is 6.54 Å². The highest BCUT2D eigenvalue weighted by Gasteiger charge is 2.06. The van der Waals surface area contributed by atoms with Gasteiger partial charge in [0.1, 0.15) is 11.6 Å². The number of nitrogen functional groups attached to an aromatic ring is 1. The van der Waals surface area contributed by atoms with E-state index in [-0.39, 0.29) is 29.3 Å². The van der Waals surface area contributed by atoms with Gasteiger partial charge in [-0.1, -0.05) is 6.07 Å². The van der Waals surface area contributed by atoms with Gasteiger partial charge in [0.25, 0.3) is 0 Å². The van der Waals surface area contributed by atoms with Gasteiger partial charge >= 0.3 is 0 Å². The SMILES string of the molecule is Nc1nc(Cl)nc(NCc2ccc(F)cc2F)n1. The minimum absolute atomic E-state index is 0.0444. The molecular weight excluding hydrogens is 264 g/mol. The first-order valence-electron chi connectivity index (χ1n) is 4.89. The Balaban J connectivity index is 2.11. The predicted octanol–water partition coefficient (Wildman–Crippen LogP) is 2.00. The monoisotopic (exact) mass is 271 g/mol. The highest BCUT2D eigenvalue weighted by Crippen LogP contribution is 2.12. The molecule has 0 bridgehead atoms. The summed E-state index contributed by atoms with van der Waals surface area (Å²) in [5.74, 6) is -1.22. The van der Waals surface area contributed by atoms with Crippen molar-refractivity contribution in [2.24, 2.45) is 0 Å². The quantitative estimate of drug-likeness (QED) is 0.893. The molecule has 0 unspecified atom stereocenters. The maximum Gasteiger partial charge on any atom is 0.229 e. The molecule has 1 aromatic carbocycles. The van der Waals surface area contributed by atoms with E-state index in [1.807, 2.05) is 0 Å². The Bertz CT molecular complexity index is 558. The molecule has 0 aliphatic carbocycles. The molecule has 2 rings (SSSR count). The predicted molar refractivity (Wildman–Crippen MR) is 62.9 cm³/mol. The van der Waals surface area contributed by atoms with Gasteiger partial charge in [-0.15, -0.1) is 0 Å². The number of halogens is 3. The van der Waals surface area contributed by atoms with Crippen molar-refractivity contribution in [3.05, 3.63) is 40.7 Å². The lowest BCUT2D eigenvalue weighted by atomic mass is 10.2. The van der Waals surface area contributed by atoms with Gasteiger partial charge in [0, 0.05) is 18.2 Å². The second-order valence-corrected chi connectivity index (χ2v) is 3.71. The van der Waals surface area contributed by atoms with E-state index in [0.717, 1.165) is 12.1 Å². The molecule has 0 saturated heterocycles. The third-order valence-electron chi connectivity index (χ3n) is 2.08. The van der Waals surface area contributed by atoms with E-state index in [1.54, 1.807) is 0 Å². The highest BCUT2D eigenvalue weighted by atomic mass is 35.5. The van der Waals surface area contributed by atoms with Crippen LogP contribution in [-0.4, -0.2) is 15.0 Å². The smallest absolute Gasteiger partial charge is 0.229 e. The second kappa shape index (κ2) is 5.09. The van der Waals surface area contributed by atoms with Crippen molar-refractivity contribution >= 4 is 23.5 Å². The Hall–Kier alpha value is -2.02. The van der Waals surface area contributed by atoms with Crippen molar-refractivity contribution in [1.82, 2.24) is 15.0 Å². The highest BCUT2D eigenvalue weighted by molar-refractivity contribution is 6.28. The van der Waals surface area contributed by atoms with Crippen molar-refractivity contribution in [1.29, 1.82) is 0 Å². The number of hydrogen-bond donors (Lipinski definition) is 2. The van der Waals surface area contributed by atoms with Crippen molar-refractivity contribution < 1.29 is 8.78 Å². The van der Waals surface area contributed by atoms with Crippen LogP contribution in [0.15, 0.2) is 18.2 Å². The molecule has 94 valence electrons. The normalized spacial score (nSPS) is 10.4. The van der Waals surface area contributed by atoms with Crippen LogP contribution >= 0.6 is 11.6 Å². The summed E-state index contributed by atoms with van der Waals surface area (Å²) in [4.78, 5) is 11.1. The van der Waals surface area contributed by atoms with Gasteiger partial charge in [0.15, 0.2) is 0 Å². The number of aromatic nitrogens is 3. The van der Waals surface area contributed by atoms with Crippen LogP contribution in [-0.2, 0) is 6.54 Å². The summed E-state index contributed by atoms with van der Waals surface area (Å²) in [6, 6.07) is 3.28. The van der Waals surface area contributed by atoms with Crippen LogP contribution in [0, 0.1) is 11.6 Å². The van der Waals surface area contributed by atoms with Crippen molar-refractivity contribution in [3.8, 4) is 0 Å². The first kappa shape index (κ1) is 12.4. The fourth-order valence-electron chi connectivity index (χ4n) is 1.28. The van der Waals surface area contributed by atoms with Gasteiger partial charge in [-0.05, 0) is 17.7 Å². The third kappa shape index (κ3) is 3.01. The first-order chi connectivity index (χ1) is 8.54. The van der Waals surface area contributed by atoms with Crippen LogP contribution in [0.5, 0.6) is 0 Å². The average molecular weight is 272 g/mol. The fraction of sp³-hybridized carbons (Fsp3) is 0.100. The maximum absolute atomic E-state index is 13.3. The van der Waals surface area contributed by atoms with Crippen LogP contribution in [0.2, 0.25) is 5.28 Å². The van der Waals surface area contributed by atoms with E-state index in [1.165, 1.54) is 6.07 Å². The zero-order chi connectivity index (χ0) is 13.1. The molecule has 3 N–H and O–H groups in total. The minimum Gasteiger partial charge on any atom is -0.368 e. The van der Waals surface area contributed by atoms with Gasteiger partial charge in [0.2, 0.25) is 17.2 Å². The third-order valence-corrected chi connectivity index (χ3v) is 2.25. The molecule has 0 atom stereocenters. The molecule has 0 spiro atoms. The summed E-state index contributed by atoms with van der Waals surface area (Å²) >= 11 is 5.58. The molecule has 1 heterocycles. The van der Waals surface area contributed by atoms with Gasteiger partial charge < -0.3 is 11.1 Å². The van der Waals surface area contributed by atoms with Crippen molar-refractivity contribution in [3.63, 3.8) is 0 Å². The van der Waals surface area contributed by atoms with Gasteiger partial charge in [-0.25, -0.2) is 8.78 Å². The van der Waals surface area contributed by atoms with E-state index in [9.17, 15) is 8.78 Å². The molecule has 2 aromatic rings. The zero-order valence-electron chi connectivity index (χ0n) is 8.99. The largest absolute Gasteiger partial charge is 0.368 e. The molecule has 8 heteroatoms. The van der Waals surface area contributed by atoms with E-state index in [0.29, 0.717) is 0 Å². The number of nitrogens with two attached hydrogens (primary N) is 1. The number of nitrogens with one attached hydrogen (secondary N) is 1. The van der Waals surface area contributed by atoms with Gasteiger partial charge in [-0.3, -0.25) is 0 Å². The number of rotatable bonds is 3. The van der Waals surface area contributed by atoms with Crippen LogP contribution in [0.1, 0.15) is 5.56 Å². The van der Waals surface area contributed by atoms with Crippen LogP contribution in [0.4, 0.5) is 20.7 Å². The Morgan fingerprint density at radius 2 is 2.00 bits per heavy atom. The number of nitrogens with zero attached hydrogens (tertiary/aromatic N) is 3. The number of hydrogen-bond acceptors (Lipinski definition) is 5. The molecule has 5 nitrogen and oxygen atoms in total. The van der Waals surface area contributed by atoms with E-state index >= 15 is 0 Å². The summed E-state index contributed by atoms with van der Waals surface area (Å²) in [5, 5.41) is 2.65. The maximum atomic E-state index is 13.3. The summed E-state index contributed by atoms with van der Waals surface area (Å²) in [7, 11) is 0. The topological polar surface area (TPSA) is 76.7 Å². The molecule has 0 aliphatic rings. The van der Waals surface area contributed by atoms with Gasteiger partial charge in [-0.2, -0.15) is 15.0 Å². The lowest BCUT2D eigenvalue weighted by Crippen LogP contribution is -2.08. The summed E-state index contributed by atoms with van der Waals surface area (Å²) in [6.07, 6.45) is 0.